The van der Waals surface area contributed by atoms with Crippen molar-refractivity contribution in [2.75, 3.05) is 0 Å². The summed E-state index contributed by atoms with van der Waals surface area (Å²) in [4.78, 5) is 4.41. The van der Waals surface area contributed by atoms with Gasteiger partial charge < -0.3 is 4.65 Å². The van der Waals surface area contributed by atoms with Crippen LogP contribution in [0.3, 0.4) is 0 Å². The maximum absolute atomic E-state index is 6.42. The molecule has 0 spiro atoms. The van der Waals surface area contributed by atoms with Gasteiger partial charge in [-0.2, -0.15) is 0 Å². The molecule has 0 bridgehead atoms. The van der Waals surface area contributed by atoms with Crippen molar-refractivity contribution in [1.82, 2.24) is 4.98 Å². The molecule has 1 atom stereocenters. The molecule has 2 nitrogen and oxygen atoms in total. The third-order valence-electron chi connectivity index (χ3n) is 4.44. The van der Waals surface area contributed by atoms with E-state index >= 15 is 0 Å². The minimum Gasteiger partial charge on any atom is -0.419 e. The number of hydrogen-bond donors (Lipinski definition) is 0. The Balaban J connectivity index is 2.00. The molecule has 2 aromatic carbocycles. The summed E-state index contributed by atoms with van der Waals surface area (Å²) in [6, 6.07) is 17.9. The Labute approximate surface area is 165 Å². The number of halogens is 2. The predicted molar refractivity (Wildman–Crippen MR) is 111 cm³/mol. The zero-order valence-electron chi connectivity index (χ0n) is 15.0. The van der Waals surface area contributed by atoms with Gasteiger partial charge in [-0.1, -0.05) is 53.5 Å². The summed E-state index contributed by atoms with van der Waals surface area (Å²) in [7, 11) is 0. The summed E-state index contributed by atoms with van der Waals surface area (Å²) in [5.41, 5.74) is 4.93. The van der Waals surface area contributed by atoms with E-state index in [9.17, 15) is 0 Å². The first-order valence-corrected chi connectivity index (χ1v) is 9.30. The van der Waals surface area contributed by atoms with Crippen LogP contribution in [0, 0.1) is 13.8 Å². The van der Waals surface area contributed by atoms with Gasteiger partial charge in [-0.3, -0.25) is 4.98 Å². The van der Waals surface area contributed by atoms with Gasteiger partial charge in [0, 0.05) is 16.2 Å². The van der Waals surface area contributed by atoms with Gasteiger partial charge in [0.2, 0.25) is 0 Å². The molecule has 3 aromatic rings. The van der Waals surface area contributed by atoms with Crippen molar-refractivity contribution in [2.45, 2.75) is 26.9 Å². The maximum atomic E-state index is 6.42. The van der Waals surface area contributed by atoms with Crippen molar-refractivity contribution in [1.29, 1.82) is 0 Å². The lowest BCUT2D eigenvalue weighted by atomic mass is 9.55. The summed E-state index contributed by atoms with van der Waals surface area (Å²) in [5, 5.41) is 1.44. The molecule has 5 heteroatoms. The highest BCUT2D eigenvalue weighted by Crippen LogP contribution is 2.19. The van der Waals surface area contributed by atoms with Gasteiger partial charge in [-0.25, -0.2) is 0 Å². The molecule has 26 heavy (non-hydrogen) atoms. The Hall–Kier alpha value is -1.81. The van der Waals surface area contributed by atoms with Gasteiger partial charge in [-0.15, -0.1) is 0 Å². The van der Waals surface area contributed by atoms with Crippen molar-refractivity contribution in [3.05, 3.63) is 87.7 Å². The van der Waals surface area contributed by atoms with Crippen molar-refractivity contribution in [3.63, 3.8) is 0 Å². The number of benzene rings is 2. The number of aryl methyl sites for hydroxylation is 2. The van der Waals surface area contributed by atoms with Crippen LogP contribution in [-0.4, -0.2) is 11.9 Å². The number of hydrogen-bond acceptors (Lipinski definition) is 2. The fraction of sp³-hybridized carbons (Fsp3) is 0.190. The maximum Gasteiger partial charge on any atom is 0.362 e. The molecular formula is C21H20BCl2NO. The summed E-state index contributed by atoms with van der Waals surface area (Å²) >= 11 is 12.7. The molecule has 0 saturated heterocycles. The fourth-order valence-corrected chi connectivity index (χ4v) is 3.16. The van der Waals surface area contributed by atoms with Gasteiger partial charge in [0.15, 0.2) is 0 Å². The predicted octanol–water partition coefficient (Wildman–Crippen LogP) is 4.89. The highest BCUT2D eigenvalue weighted by atomic mass is 35.5. The van der Waals surface area contributed by atoms with Crippen LogP contribution >= 0.6 is 23.2 Å². The standard InChI is InChI=1S/C21H20BCl2NO/c1-14-7-9-17(12-19(14)23)22(18-10-8-15(2)20(24)13-18)26-16(3)21-6-4-5-11-25-21/h4-13,16H,1-3H3. The SMILES string of the molecule is Cc1ccc(B(OC(C)c2ccccn2)c2ccc(C)c(Cl)c2)cc1Cl. The molecule has 132 valence electrons. The molecule has 0 aliphatic heterocycles. The number of nitrogens with zero attached hydrogens (tertiary/aromatic N) is 1. The zero-order valence-corrected chi connectivity index (χ0v) is 16.6. The Morgan fingerprint density at radius 1 is 0.885 bits per heavy atom. The molecule has 0 aliphatic rings. The summed E-state index contributed by atoms with van der Waals surface area (Å²) < 4.78 is 6.42. The van der Waals surface area contributed by atoms with E-state index in [2.05, 4.69) is 4.98 Å². The van der Waals surface area contributed by atoms with E-state index in [1.165, 1.54) is 0 Å². The van der Waals surface area contributed by atoms with E-state index in [0.29, 0.717) is 0 Å². The summed E-state index contributed by atoms with van der Waals surface area (Å²) in [5.74, 6) is 0. The van der Waals surface area contributed by atoms with Crippen LogP contribution in [0.1, 0.15) is 29.8 Å². The largest absolute Gasteiger partial charge is 0.419 e. The fourth-order valence-electron chi connectivity index (χ4n) is 2.78. The van der Waals surface area contributed by atoms with Crippen LogP contribution in [0.4, 0.5) is 0 Å². The molecular weight excluding hydrogens is 364 g/mol. The van der Waals surface area contributed by atoms with E-state index in [1.807, 2.05) is 75.4 Å². The average Bonchev–Trinajstić information content (AvgIpc) is 2.65. The molecule has 1 unspecified atom stereocenters. The summed E-state index contributed by atoms with van der Waals surface area (Å²) in [6.07, 6.45) is 1.59. The first kappa shape index (κ1) is 19.0. The topological polar surface area (TPSA) is 22.1 Å². The van der Waals surface area contributed by atoms with Gasteiger partial charge in [-0.05, 0) is 67.1 Å². The molecule has 3 rings (SSSR count). The third-order valence-corrected chi connectivity index (χ3v) is 5.26. The lowest BCUT2D eigenvalue weighted by molar-refractivity contribution is 0.231. The lowest BCUT2D eigenvalue weighted by Gasteiger charge is -2.21. The highest BCUT2D eigenvalue weighted by molar-refractivity contribution is 6.80. The van der Waals surface area contributed by atoms with E-state index in [1.54, 1.807) is 6.20 Å². The first-order chi connectivity index (χ1) is 12.5. The van der Waals surface area contributed by atoms with Gasteiger partial charge in [0.25, 0.3) is 0 Å². The Morgan fingerprint density at radius 3 is 1.92 bits per heavy atom. The molecule has 0 saturated carbocycles. The smallest absolute Gasteiger partial charge is 0.362 e. The molecule has 0 aliphatic carbocycles. The minimum absolute atomic E-state index is 0.179. The van der Waals surface area contributed by atoms with Crippen LogP contribution in [0.2, 0.25) is 10.0 Å². The van der Waals surface area contributed by atoms with Crippen molar-refractivity contribution < 1.29 is 4.65 Å². The molecule has 0 N–H and O–H groups in total. The quantitative estimate of drug-likeness (QED) is 0.585. The second kappa shape index (κ2) is 8.26. The van der Waals surface area contributed by atoms with Crippen molar-refractivity contribution >= 4 is 41.0 Å². The monoisotopic (exact) mass is 383 g/mol. The van der Waals surface area contributed by atoms with Crippen LogP contribution in [0.15, 0.2) is 60.8 Å². The van der Waals surface area contributed by atoms with E-state index < -0.39 is 0 Å². The normalized spacial score (nSPS) is 12.0. The number of pyridine rings is 1. The minimum atomic E-state index is -0.289. The van der Waals surface area contributed by atoms with E-state index in [0.717, 1.165) is 37.8 Å². The molecule has 0 radical (unpaired) electrons. The van der Waals surface area contributed by atoms with Crippen LogP contribution in [0.5, 0.6) is 0 Å². The molecule has 0 fully saturated rings. The van der Waals surface area contributed by atoms with Gasteiger partial charge in [0.1, 0.15) is 0 Å². The van der Waals surface area contributed by atoms with Crippen LogP contribution in [0.25, 0.3) is 0 Å². The second-order valence-corrected chi connectivity index (χ2v) is 7.24. The van der Waals surface area contributed by atoms with Crippen molar-refractivity contribution in [3.8, 4) is 0 Å². The Morgan fingerprint density at radius 2 is 1.46 bits per heavy atom. The Bertz CT molecular complexity index is 850. The Kier molecular flexibility index (Phi) is 6.03. The number of rotatable bonds is 5. The number of aromatic nitrogens is 1. The van der Waals surface area contributed by atoms with Gasteiger partial charge in [0.05, 0.1) is 11.8 Å². The zero-order chi connectivity index (χ0) is 18.7. The van der Waals surface area contributed by atoms with E-state index in [-0.39, 0.29) is 13.0 Å². The lowest BCUT2D eigenvalue weighted by Crippen LogP contribution is -2.45. The molecule has 0 amide bonds. The molecule has 1 aromatic heterocycles. The van der Waals surface area contributed by atoms with E-state index in [4.69, 9.17) is 27.9 Å². The van der Waals surface area contributed by atoms with Gasteiger partial charge >= 0.3 is 6.92 Å². The third kappa shape index (κ3) is 4.29. The summed E-state index contributed by atoms with van der Waals surface area (Å²) in [6.45, 7) is 5.69. The van der Waals surface area contributed by atoms with Crippen molar-refractivity contribution in [2.24, 2.45) is 0 Å². The van der Waals surface area contributed by atoms with Crippen LogP contribution in [-0.2, 0) is 4.65 Å². The first-order valence-electron chi connectivity index (χ1n) is 8.54. The highest BCUT2D eigenvalue weighted by Gasteiger charge is 2.26. The van der Waals surface area contributed by atoms with Crippen LogP contribution < -0.4 is 10.9 Å². The second-order valence-electron chi connectivity index (χ2n) is 6.43. The average molecular weight is 384 g/mol. The molecule has 1 heterocycles.